The van der Waals surface area contributed by atoms with Gasteiger partial charge < -0.3 is 10.2 Å². The van der Waals surface area contributed by atoms with Gasteiger partial charge >= 0.3 is 0 Å². The van der Waals surface area contributed by atoms with E-state index in [4.69, 9.17) is 16.4 Å². The summed E-state index contributed by atoms with van der Waals surface area (Å²) in [7, 11) is 1.57. The molecule has 24 heavy (non-hydrogen) atoms. The van der Waals surface area contributed by atoms with E-state index in [1.54, 1.807) is 11.8 Å². The molecule has 0 unspecified atom stereocenters. The molecule has 0 saturated heterocycles. The van der Waals surface area contributed by atoms with Crippen molar-refractivity contribution in [2.75, 3.05) is 18.4 Å². The van der Waals surface area contributed by atoms with Gasteiger partial charge in [-0.15, -0.1) is 0 Å². The molecule has 0 saturated carbocycles. The quantitative estimate of drug-likeness (QED) is 0.389. The van der Waals surface area contributed by atoms with Gasteiger partial charge in [0.15, 0.2) is 0 Å². The molecule has 1 aromatic heterocycles. The molecule has 3 aromatic rings. The van der Waals surface area contributed by atoms with Gasteiger partial charge in [-0.05, 0) is 24.3 Å². The van der Waals surface area contributed by atoms with Crippen molar-refractivity contribution in [3.8, 4) is 23.1 Å². The van der Waals surface area contributed by atoms with E-state index < -0.39 is 0 Å². The first-order valence-electron chi connectivity index (χ1n) is 7.40. The summed E-state index contributed by atoms with van der Waals surface area (Å²) in [6.07, 6.45) is 0. The highest BCUT2D eigenvalue weighted by molar-refractivity contribution is 5.96. The number of nitrogens with zero attached hydrogens (tertiary/aromatic N) is 2. The number of hydrogen-bond acceptors (Lipinski definition) is 5. The molecule has 120 valence electrons. The summed E-state index contributed by atoms with van der Waals surface area (Å²) in [5.41, 5.74) is 6.07. The lowest BCUT2D eigenvalue weighted by Gasteiger charge is -2.13. The van der Waals surface area contributed by atoms with Crippen LogP contribution in [0.5, 0.6) is 5.75 Å². The monoisotopic (exact) mass is 320 g/mol. The average Bonchev–Trinajstić information content (AvgIpc) is 2.64. The van der Waals surface area contributed by atoms with Crippen molar-refractivity contribution in [3.05, 3.63) is 53.7 Å². The first-order chi connectivity index (χ1) is 11.6. The number of nitrogen functional groups attached to an aromatic ring is 2. The number of hydrazine groups is 1. The van der Waals surface area contributed by atoms with E-state index in [1.165, 1.54) is 0 Å². The number of ether oxygens (including phenoxy) is 1. The maximum absolute atomic E-state index is 9.78. The Bertz CT molecular complexity index is 961. The molecule has 0 aliphatic rings. The molecule has 6 heteroatoms. The number of pyridine rings is 1. The summed E-state index contributed by atoms with van der Waals surface area (Å²) in [4.78, 5) is 0. The Kier molecular flexibility index (Phi) is 3.94. The Morgan fingerprint density at radius 3 is 2.46 bits per heavy atom. The third-order valence-corrected chi connectivity index (χ3v) is 4.15. The summed E-state index contributed by atoms with van der Waals surface area (Å²) < 4.78 is 6.90. The molecule has 0 aliphatic heterocycles. The van der Waals surface area contributed by atoms with Crippen LogP contribution in [-0.4, -0.2) is 7.11 Å². The molecule has 0 amide bonds. The van der Waals surface area contributed by atoms with E-state index in [9.17, 15) is 5.26 Å². The number of rotatable bonds is 3. The normalized spacial score (nSPS) is 10.4. The van der Waals surface area contributed by atoms with E-state index in [0.717, 1.165) is 22.0 Å². The summed E-state index contributed by atoms with van der Waals surface area (Å²) >= 11 is 0. The predicted molar refractivity (Wildman–Crippen MR) is 93.5 cm³/mol. The van der Waals surface area contributed by atoms with Gasteiger partial charge in [0.05, 0.1) is 23.7 Å². The number of fused-ring (bicyclic) bond motifs is 1. The smallest absolute Gasteiger partial charge is 0.260 e. The molecule has 0 aliphatic carbocycles. The van der Waals surface area contributed by atoms with Crippen LogP contribution in [-0.2, 0) is 0 Å². The summed E-state index contributed by atoms with van der Waals surface area (Å²) in [5.74, 6) is 12.5. The van der Waals surface area contributed by atoms with Crippen molar-refractivity contribution in [3.63, 3.8) is 0 Å². The number of anilines is 1. The number of aromatic nitrogens is 1. The second-order valence-corrected chi connectivity index (χ2v) is 5.40. The molecule has 6 nitrogen and oxygen atoms in total. The maximum atomic E-state index is 9.78. The molecular formula is C18H18N5O+. The highest BCUT2D eigenvalue weighted by Gasteiger charge is 2.26. The number of nitriles is 1. The van der Waals surface area contributed by atoms with E-state index in [1.807, 2.05) is 49.4 Å². The van der Waals surface area contributed by atoms with Gasteiger partial charge in [-0.2, -0.15) is 5.26 Å². The lowest BCUT2D eigenvalue weighted by Crippen LogP contribution is -2.50. The first-order valence-corrected chi connectivity index (χ1v) is 7.40. The van der Waals surface area contributed by atoms with Crippen LogP contribution in [0.2, 0.25) is 0 Å². The van der Waals surface area contributed by atoms with Crippen LogP contribution in [0.1, 0.15) is 11.3 Å². The average molecular weight is 320 g/mol. The number of hydrogen-bond donors (Lipinski definition) is 3. The van der Waals surface area contributed by atoms with Gasteiger partial charge in [0, 0.05) is 12.3 Å². The fourth-order valence-electron chi connectivity index (χ4n) is 2.91. The van der Waals surface area contributed by atoms with Gasteiger partial charge in [-0.3, -0.25) is 5.84 Å². The first kappa shape index (κ1) is 15.6. The zero-order valence-electron chi connectivity index (χ0n) is 13.5. The molecule has 0 bridgehead atoms. The predicted octanol–water partition coefficient (Wildman–Crippen LogP) is 1.98. The summed E-state index contributed by atoms with van der Waals surface area (Å²) in [6.45, 7) is 1.91. The Balaban J connectivity index is 2.48. The zero-order chi connectivity index (χ0) is 17.3. The summed E-state index contributed by atoms with van der Waals surface area (Å²) in [5, 5.41) is 11.4. The number of benzene rings is 2. The molecule has 0 fully saturated rings. The van der Waals surface area contributed by atoms with Crippen molar-refractivity contribution >= 4 is 16.5 Å². The fraction of sp³-hybridized carbons (Fsp3) is 0.111. The van der Waals surface area contributed by atoms with E-state index >= 15 is 0 Å². The van der Waals surface area contributed by atoms with Crippen LogP contribution >= 0.6 is 0 Å². The molecule has 1 heterocycles. The van der Waals surface area contributed by atoms with Gasteiger partial charge in [0.25, 0.3) is 5.69 Å². The van der Waals surface area contributed by atoms with E-state index in [2.05, 4.69) is 11.5 Å². The Morgan fingerprint density at radius 1 is 1.17 bits per heavy atom. The van der Waals surface area contributed by atoms with Crippen molar-refractivity contribution in [1.82, 2.24) is 0 Å². The largest absolute Gasteiger partial charge is 0.495 e. The van der Waals surface area contributed by atoms with E-state index in [0.29, 0.717) is 22.7 Å². The summed E-state index contributed by atoms with van der Waals surface area (Å²) in [6, 6.07) is 15.5. The Labute approximate surface area is 139 Å². The van der Waals surface area contributed by atoms with E-state index in [-0.39, 0.29) is 0 Å². The van der Waals surface area contributed by atoms with Gasteiger partial charge in [-0.1, -0.05) is 22.9 Å². The topological polar surface area (TPSA) is 101 Å². The molecule has 3 rings (SSSR count). The molecule has 0 spiro atoms. The lowest BCUT2D eigenvalue weighted by atomic mass is 9.97. The number of methoxy groups -OCH3 is 1. The number of nitrogens with two attached hydrogens (primary N) is 2. The van der Waals surface area contributed by atoms with Crippen LogP contribution in [0.4, 0.5) is 5.69 Å². The number of nitrogens with one attached hydrogen (secondary N) is 1. The van der Waals surface area contributed by atoms with Crippen LogP contribution in [0.15, 0.2) is 42.5 Å². The van der Waals surface area contributed by atoms with Crippen molar-refractivity contribution < 1.29 is 9.41 Å². The van der Waals surface area contributed by atoms with Crippen molar-refractivity contribution in [1.29, 1.82) is 5.26 Å². The highest BCUT2D eigenvalue weighted by atomic mass is 16.5. The van der Waals surface area contributed by atoms with Crippen LogP contribution in [0, 0.1) is 18.3 Å². The second kappa shape index (κ2) is 6.07. The minimum atomic E-state index is 0.489. The van der Waals surface area contributed by atoms with Crippen LogP contribution in [0.3, 0.4) is 0 Å². The van der Waals surface area contributed by atoms with Crippen molar-refractivity contribution in [2.45, 2.75) is 6.92 Å². The fourth-order valence-corrected chi connectivity index (χ4v) is 2.91. The van der Waals surface area contributed by atoms with Gasteiger partial charge in [-0.25, -0.2) is 5.84 Å². The third kappa shape index (κ3) is 2.28. The molecular weight excluding hydrogens is 302 g/mol. The maximum Gasteiger partial charge on any atom is 0.260 e. The standard InChI is InChI=1S/C18H17N5O/c1-11-13-9-17(24-2)16(22-20)8-14(13)15(10-19)18(23(11)21)12-6-4-3-5-7-12/h3-9H,20-21H2,1-2H3/p+1. The second-order valence-electron chi connectivity index (χ2n) is 5.40. The van der Waals surface area contributed by atoms with Crippen LogP contribution < -0.4 is 26.5 Å². The molecule has 2 aromatic carbocycles. The highest BCUT2D eigenvalue weighted by Crippen LogP contribution is 2.34. The Morgan fingerprint density at radius 2 is 1.88 bits per heavy atom. The van der Waals surface area contributed by atoms with Crippen LogP contribution in [0.25, 0.3) is 22.0 Å². The third-order valence-electron chi connectivity index (χ3n) is 4.15. The Hall–Kier alpha value is -3.30. The lowest BCUT2D eigenvalue weighted by molar-refractivity contribution is -0.632. The van der Waals surface area contributed by atoms with Gasteiger partial charge in [0.1, 0.15) is 17.4 Å². The zero-order valence-corrected chi connectivity index (χ0v) is 13.5. The molecule has 5 N–H and O–H groups in total. The number of aryl methyl sites for hydroxylation is 1. The SMILES string of the molecule is COc1cc2c(C)[n+](N)c(-c3ccccc3)c(C#N)c2cc1NN. The molecule has 0 atom stereocenters. The minimum Gasteiger partial charge on any atom is -0.495 e. The van der Waals surface area contributed by atoms with Gasteiger partial charge in [0.2, 0.25) is 5.69 Å². The molecule has 0 radical (unpaired) electrons. The minimum absolute atomic E-state index is 0.489. The van der Waals surface area contributed by atoms with Crippen molar-refractivity contribution in [2.24, 2.45) is 5.84 Å².